The number of ether oxygens (including phenoxy) is 2. The Morgan fingerprint density at radius 1 is 1.11 bits per heavy atom. The minimum absolute atomic E-state index is 0.0117. The number of methoxy groups -OCH3 is 1. The van der Waals surface area contributed by atoms with Crippen LogP contribution in [0.3, 0.4) is 0 Å². The SMILES string of the molecule is CCOc1ccccc1NC(=O)C(=O)N/N=C/c1ccc(OC)c(CN2N=NC3C=CC=CC32)c1. The van der Waals surface area contributed by atoms with Crippen molar-refractivity contribution in [1.29, 1.82) is 0 Å². The number of carbonyl (C=O) groups is 2. The molecule has 10 nitrogen and oxygen atoms in total. The Morgan fingerprint density at radius 3 is 2.77 bits per heavy atom. The van der Waals surface area contributed by atoms with E-state index in [0.717, 1.165) is 11.1 Å². The number of fused-ring (bicyclic) bond motifs is 1. The standard InChI is InChI=1S/C25H26N6O4/c1-3-35-23-11-7-5-9-20(23)27-24(32)25(33)29-26-15-17-12-13-22(34-2)18(14-17)16-31-21-10-6-4-8-19(21)28-30-31/h4-15,19,21H,3,16H2,1-2H3,(H,27,32)(H,29,33)/b26-15+. The highest BCUT2D eigenvalue weighted by Gasteiger charge is 2.30. The van der Waals surface area contributed by atoms with Gasteiger partial charge < -0.3 is 14.8 Å². The normalized spacial score (nSPS) is 17.9. The van der Waals surface area contributed by atoms with Crippen LogP contribution in [0.5, 0.6) is 11.5 Å². The molecule has 2 aromatic carbocycles. The zero-order valence-corrected chi connectivity index (χ0v) is 19.4. The first-order valence-electron chi connectivity index (χ1n) is 11.1. The summed E-state index contributed by atoms with van der Waals surface area (Å²) in [5, 5.41) is 16.9. The van der Waals surface area contributed by atoms with Crippen molar-refractivity contribution in [3.8, 4) is 11.5 Å². The average molecular weight is 475 g/mol. The molecule has 2 amide bonds. The number of rotatable bonds is 8. The van der Waals surface area contributed by atoms with Crippen LogP contribution in [0.4, 0.5) is 5.69 Å². The molecule has 0 saturated heterocycles. The third-order valence-corrected chi connectivity index (χ3v) is 5.38. The molecule has 0 fully saturated rings. The van der Waals surface area contributed by atoms with E-state index in [0.29, 0.717) is 30.3 Å². The van der Waals surface area contributed by atoms with Gasteiger partial charge in [-0.3, -0.25) is 14.6 Å². The molecule has 4 rings (SSSR count). The molecule has 2 atom stereocenters. The number of benzene rings is 2. The van der Waals surface area contributed by atoms with E-state index in [2.05, 4.69) is 32.3 Å². The number of hydrogen-bond donors (Lipinski definition) is 2. The molecular weight excluding hydrogens is 448 g/mol. The Hall–Kier alpha value is -4.47. The summed E-state index contributed by atoms with van der Waals surface area (Å²) in [7, 11) is 1.60. The zero-order chi connectivity index (χ0) is 24.6. The Kier molecular flexibility index (Phi) is 7.51. The number of anilines is 1. The van der Waals surface area contributed by atoms with Gasteiger partial charge in [0.25, 0.3) is 0 Å². The van der Waals surface area contributed by atoms with E-state index in [-0.39, 0.29) is 12.1 Å². The van der Waals surface area contributed by atoms with Crippen molar-refractivity contribution in [2.45, 2.75) is 25.6 Å². The van der Waals surface area contributed by atoms with Crippen LogP contribution in [-0.2, 0) is 16.1 Å². The summed E-state index contributed by atoms with van der Waals surface area (Å²) in [6.45, 7) is 2.76. The summed E-state index contributed by atoms with van der Waals surface area (Å²) >= 11 is 0. The molecule has 0 spiro atoms. The second-order valence-corrected chi connectivity index (χ2v) is 7.71. The van der Waals surface area contributed by atoms with Gasteiger partial charge in [-0.1, -0.05) is 41.7 Å². The summed E-state index contributed by atoms with van der Waals surface area (Å²) in [4.78, 5) is 24.5. The number of para-hydroxylation sites is 2. The number of nitrogens with one attached hydrogen (secondary N) is 2. The minimum atomic E-state index is -0.901. The van der Waals surface area contributed by atoms with E-state index in [1.54, 1.807) is 37.4 Å². The van der Waals surface area contributed by atoms with Crippen molar-refractivity contribution in [3.63, 3.8) is 0 Å². The number of amides is 2. The molecule has 1 aliphatic heterocycles. The summed E-state index contributed by atoms with van der Waals surface area (Å²) in [5.74, 6) is -0.572. The Bertz CT molecular complexity index is 1210. The van der Waals surface area contributed by atoms with Gasteiger partial charge in [0.1, 0.15) is 17.5 Å². The fraction of sp³-hybridized carbons (Fsp3) is 0.240. The van der Waals surface area contributed by atoms with Gasteiger partial charge >= 0.3 is 11.8 Å². The van der Waals surface area contributed by atoms with Gasteiger partial charge in [0.15, 0.2) is 0 Å². The van der Waals surface area contributed by atoms with Crippen molar-refractivity contribution in [2.75, 3.05) is 19.0 Å². The van der Waals surface area contributed by atoms with E-state index in [1.165, 1.54) is 6.21 Å². The first kappa shape index (κ1) is 23.7. The molecule has 35 heavy (non-hydrogen) atoms. The predicted octanol–water partition coefficient (Wildman–Crippen LogP) is 3.23. The summed E-state index contributed by atoms with van der Waals surface area (Å²) in [5.41, 5.74) is 4.25. The van der Waals surface area contributed by atoms with Crippen LogP contribution in [0.2, 0.25) is 0 Å². The van der Waals surface area contributed by atoms with Crippen LogP contribution in [0.25, 0.3) is 0 Å². The van der Waals surface area contributed by atoms with Gasteiger partial charge in [-0.15, -0.1) is 0 Å². The van der Waals surface area contributed by atoms with E-state index < -0.39 is 11.8 Å². The number of hydrazone groups is 1. The second kappa shape index (κ2) is 11.1. The van der Waals surface area contributed by atoms with E-state index in [9.17, 15) is 9.59 Å². The van der Waals surface area contributed by atoms with Crippen LogP contribution in [0, 0.1) is 0 Å². The molecule has 10 heteroatoms. The van der Waals surface area contributed by atoms with Gasteiger partial charge in [0, 0.05) is 5.56 Å². The fourth-order valence-corrected chi connectivity index (χ4v) is 3.71. The molecule has 1 aliphatic carbocycles. The molecule has 2 N–H and O–H groups in total. The first-order chi connectivity index (χ1) is 17.1. The Balaban J connectivity index is 1.38. The second-order valence-electron chi connectivity index (χ2n) is 7.71. The van der Waals surface area contributed by atoms with Crippen LogP contribution in [0.1, 0.15) is 18.1 Å². The fourth-order valence-electron chi connectivity index (χ4n) is 3.71. The van der Waals surface area contributed by atoms with Crippen molar-refractivity contribution < 1.29 is 19.1 Å². The molecule has 2 aromatic rings. The number of allylic oxidation sites excluding steroid dienone is 2. The van der Waals surface area contributed by atoms with E-state index in [4.69, 9.17) is 9.47 Å². The zero-order valence-electron chi connectivity index (χ0n) is 19.4. The molecule has 1 heterocycles. The summed E-state index contributed by atoms with van der Waals surface area (Å²) in [6, 6.07) is 12.5. The lowest BCUT2D eigenvalue weighted by Crippen LogP contribution is -2.32. The number of nitrogens with zero attached hydrogens (tertiary/aromatic N) is 4. The van der Waals surface area contributed by atoms with E-state index >= 15 is 0 Å². The van der Waals surface area contributed by atoms with Gasteiger partial charge in [0.2, 0.25) is 0 Å². The highest BCUT2D eigenvalue weighted by Crippen LogP contribution is 2.28. The molecule has 180 valence electrons. The molecule has 0 bridgehead atoms. The highest BCUT2D eigenvalue weighted by molar-refractivity contribution is 6.39. The van der Waals surface area contributed by atoms with Crippen molar-refractivity contribution >= 4 is 23.7 Å². The first-order valence-corrected chi connectivity index (χ1v) is 11.1. The smallest absolute Gasteiger partial charge is 0.329 e. The van der Waals surface area contributed by atoms with Crippen molar-refractivity contribution in [2.24, 2.45) is 15.4 Å². The molecule has 0 saturated carbocycles. The predicted molar refractivity (Wildman–Crippen MR) is 131 cm³/mol. The maximum Gasteiger partial charge on any atom is 0.329 e. The number of carbonyl (C=O) groups excluding carboxylic acids is 2. The Labute approximate surface area is 203 Å². The van der Waals surface area contributed by atoms with Crippen molar-refractivity contribution in [1.82, 2.24) is 10.4 Å². The molecule has 0 radical (unpaired) electrons. The maximum absolute atomic E-state index is 12.3. The summed E-state index contributed by atoms with van der Waals surface area (Å²) < 4.78 is 11.0. The van der Waals surface area contributed by atoms with Crippen molar-refractivity contribution in [3.05, 3.63) is 77.9 Å². The lowest BCUT2D eigenvalue weighted by molar-refractivity contribution is -0.136. The molecule has 0 aromatic heterocycles. The van der Waals surface area contributed by atoms with Gasteiger partial charge in [-0.25, -0.2) is 5.43 Å². The highest BCUT2D eigenvalue weighted by atomic mass is 16.5. The van der Waals surface area contributed by atoms with Gasteiger partial charge in [-0.05, 0) is 42.8 Å². The van der Waals surface area contributed by atoms with Crippen LogP contribution < -0.4 is 20.2 Å². The third kappa shape index (κ3) is 5.72. The maximum atomic E-state index is 12.3. The van der Waals surface area contributed by atoms with Gasteiger partial charge in [0.05, 0.1) is 38.2 Å². The third-order valence-electron chi connectivity index (χ3n) is 5.38. The summed E-state index contributed by atoms with van der Waals surface area (Å²) in [6.07, 6.45) is 9.49. The van der Waals surface area contributed by atoms with E-state index in [1.807, 2.05) is 42.3 Å². The van der Waals surface area contributed by atoms with Crippen LogP contribution in [-0.4, -0.2) is 48.8 Å². The van der Waals surface area contributed by atoms with Gasteiger partial charge in [-0.2, -0.15) is 10.2 Å². The Morgan fingerprint density at radius 2 is 1.94 bits per heavy atom. The average Bonchev–Trinajstić information content (AvgIpc) is 3.28. The molecular formula is C25H26N6O4. The largest absolute Gasteiger partial charge is 0.496 e. The monoisotopic (exact) mass is 474 g/mol. The molecule has 2 aliphatic rings. The number of hydrogen-bond acceptors (Lipinski definition) is 8. The lowest BCUT2D eigenvalue weighted by Gasteiger charge is -2.24. The minimum Gasteiger partial charge on any atom is -0.496 e. The van der Waals surface area contributed by atoms with Crippen LogP contribution >= 0.6 is 0 Å². The quantitative estimate of drug-likeness (QED) is 0.346. The van der Waals surface area contributed by atoms with Crippen LogP contribution in [0.15, 0.2) is 82.2 Å². The topological polar surface area (TPSA) is 117 Å². The lowest BCUT2D eigenvalue weighted by atomic mass is 10.0. The molecule has 2 unspecified atom stereocenters.